The number of H-pyrrole nitrogens is 1. The molecule has 0 aliphatic rings. The van der Waals surface area contributed by atoms with E-state index in [1.165, 1.54) is 33.0 Å². The van der Waals surface area contributed by atoms with Gasteiger partial charge in [0.25, 0.3) is 0 Å². The Bertz CT molecular complexity index is 997. The Kier molecular flexibility index (Phi) is 4.98. The second-order valence-corrected chi connectivity index (χ2v) is 5.65. The van der Waals surface area contributed by atoms with Gasteiger partial charge in [0.1, 0.15) is 5.75 Å². The summed E-state index contributed by atoms with van der Waals surface area (Å²) in [6.45, 7) is 0. The number of aromatic amines is 1. The second kappa shape index (κ2) is 7.36. The van der Waals surface area contributed by atoms with Crippen molar-refractivity contribution in [3.63, 3.8) is 0 Å². The molecule has 0 amide bonds. The fourth-order valence-electron chi connectivity index (χ4n) is 2.93. The third-order valence-electron chi connectivity index (χ3n) is 4.21. The molecule has 0 spiro atoms. The molecule has 0 saturated heterocycles. The number of ether oxygens (including phenoxy) is 4. The van der Waals surface area contributed by atoms with E-state index in [1.54, 1.807) is 36.5 Å². The monoisotopic (exact) mass is 371 g/mol. The van der Waals surface area contributed by atoms with E-state index in [0.29, 0.717) is 45.6 Å². The molecule has 0 unspecified atom stereocenters. The molecule has 8 nitrogen and oxygen atoms in total. The standard InChI is InChI=1S/C19H21N3O5/c1-24-15-6-5-12(9-13(15)20)22-14(10-21-19(22)23)11-7-16(25-2)18(27-4)17(8-11)26-3/h5-10H,20H2,1-4H3,(H,21,23). The van der Waals surface area contributed by atoms with E-state index in [0.717, 1.165) is 0 Å². The molecular weight excluding hydrogens is 350 g/mol. The van der Waals surface area contributed by atoms with E-state index in [2.05, 4.69) is 4.98 Å². The van der Waals surface area contributed by atoms with Crippen molar-refractivity contribution in [2.75, 3.05) is 34.2 Å². The minimum absolute atomic E-state index is 0.302. The van der Waals surface area contributed by atoms with Gasteiger partial charge in [0, 0.05) is 11.8 Å². The number of nitrogens with two attached hydrogens (primary N) is 1. The number of methoxy groups -OCH3 is 4. The molecule has 27 heavy (non-hydrogen) atoms. The van der Waals surface area contributed by atoms with Crippen LogP contribution in [0.4, 0.5) is 5.69 Å². The van der Waals surface area contributed by atoms with Crippen LogP contribution in [-0.4, -0.2) is 38.0 Å². The highest BCUT2D eigenvalue weighted by Gasteiger charge is 2.18. The van der Waals surface area contributed by atoms with Crippen molar-refractivity contribution >= 4 is 5.69 Å². The van der Waals surface area contributed by atoms with Crippen LogP contribution in [0, 0.1) is 0 Å². The molecule has 8 heteroatoms. The molecule has 1 aromatic heterocycles. The highest BCUT2D eigenvalue weighted by atomic mass is 16.5. The van der Waals surface area contributed by atoms with Crippen molar-refractivity contribution < 1.29 is 18.9 Å². The molecule has 2 aromatic carbocycles. The van der Waals surface area contributed by atoms with Crippen molar-refractivity contribution in [3.05, 3.63) is 47.0 Å². The predicted octanol–water partition coefficient (Wildman–Crippen LogP) is 2.45. The Labute approximate surface area is 156 Å². The molecule has 0 aliphatic heterocycles. The zero-order valence-electron chi connectivity index (χ0n) is 15.5. The second-order valence-electron chi connectivity index (χ2n) is 5.65. The van der Waals surface area contributed by atoms with Crippen LogP contribution >= 0.6 is 0 Å². The first kappa shape index (κ1) is 18.2. The third kappa shape index (κ3) is 3.17. The summed E-state index contributed by atoms with van der Waals surface area (Å²) in [7, 11) is 6.15. The van der Waals surface area contributed by atoms with Gasteiger partial charge in [-0.25, -0.2) is 4.79 Å². The zero-order valence-corrected chi connectivity index (χ0v) is 15.5. The number of benzene rings is 2. The number of aromatic nitrogens is 2. The predicted molar refractivity (Wildman–Crippen MR) is 102 cm³/mol. The van der Waals surface area contributed by atoms with E-state index in [1.807, 2.05) is 0 Å². The third-order valence-corrected chi connectivity index (χ3v) is 4.21. The van der Waals surface area contributed by atoms with Crippen molar-refractivity contribution in [2.45, 2.75) is 0 Å². The lowest BCUT2D eigenvalue weighted by molar-refractivity contribution is 0.324. The highest BCUT2D eigenvalue weighted by Crippen LogP contribution is 2.41. The minimum Gasteiger partial charge on any atom is -0.495 e. The molecule has 1 heterocycles. The number of hydrogen-bond acceptors (Lipinski definition) is 6. The summed E-state index contributed by atoms with van der Waals surface area (Å²) in [6, 6.07) is 8.69. The van der Waals surface area contributed by atoms with Crippen molar-refractivity contribution in [1.82, 2.24) is 9.55 Å². The molecule has 0 radical (unpaired) electrons. The summed E-state index contributed by atoms with van der Waals surface area (Å²) >= 11 is 0. The molecule has 0 aliphatic carbocycles. The van der Waals surface area contributed by atoms with Crippen LogP contribution in [0.2, 0.25) is 0 Å². The number of nitrogens with zero attached hydrogens (tertiary/aromatic N) is 1. The van der Waals surface area contributed by atoms with E-state index < -0.39 is 0 Å². The van der Waals surface area contributed by atoms with Gasteiger partial charge in [0.2, 0.25) is 5.75 Å². The summed E-state index contributed by atoms with van der Waals surface area (Å²) < 4.78 is 22.9. The van der Waals surface area contributed by atoms with Crippen LogP contribution in [-0.2, 0) is 0 Å². The molecule has 0 fully saturated rings. The fourth-order valence-corrected chi connectivity index (χ4v) is 2.93. The first-order valence-electron chi connectivity index (χ1n) is 8.08. The summed E-state index contributed by atoms with van der Waals surface area (Å²) in [5, 5.41) is 0. The van der Waals surface area contributed by atoms with Crippen LogP contribution < -0.4 is 30.4 Å². The fraction of sp³-hybridized carbons (Fsp3) is 0.211. The lowest BCUT2D eigenvalue weighted by Crippen LogP contribution is -2.16. The lowest BCUT2D eigenvalue weighted by Gasteiger charge is -2.15. The lowest BCUT2D eigenvalue weighted by atomic mass is 10.1. The van der Waals surface area contributed by atoms with Gasteiger partial charge in [-0.15, -0.1) is 0 Å². The number of hydrogen-bond donors (Lipinski definition) is 2. The maximum atomic E-state index is 12.5. The molecule has 142 valence electrons. The van der Waals surface area contributed by atoms with Gasteiger partial charge in [0.15, 0.2) is 11.5 Å². The molecule has 0 bridgehead atoms. The number of anilines is 1. The molecular formula is C19H21N3O5. The number of nitrogens with one attached hydrogen (secondary N) is 1. The summed E-state index contributed by atoms with van der Waals surface area (Å²) in [6.07, 6.45) is 1.61. The molecule has 3 rings (SSSR count). The summed E-state index contributed by atoms with van der Waals surface area (Å²) in [5.74, 6) is 1.99. The number of nitrogen functional groups attached to an aromatic ring is 1. The van der Waals surface area contributed by atoms with Crippen molar-refractivity contribution in [2.24, 2.45) is 0 Å². The van der Waals surface area contributed by atoms with Gasteiger partial charge < -0.3 is 29.7 Å². The Morgan fingerprint density at radius 3 is 2.04 bits per heavy atom. The molecule has 3 aromatic rings. The molecule has 3 N–H and O–H groups in total. The van der Waals surface area contributed by atoms with Crippen LogP contribution in [0.15, 0.2) is 41.3 Å². The van der Waals surface area contributed by atoms with Crippen LogP contribution in [0.5, 0.6) is 23.0 Å². The average Bonchev–Trinajstić information content (AvgIpc) is 3.08. The first-order chi connectivity index (χ1) is 13.0. The van der Waals surface area contributed by atoms with Gasteiger partial charge >= 0.3 is 5.69 Å². The normalized spacial score (nSPS) is 10.5. The van der Waals surface area contributed by atoms with Gasteiger partial charge in [-0.2, -0.15) is 0 Å². The summed E-state index contributed by atoms with van der Waals surface area (Å²) in [5.41, 5.74) is 8.05. The van der Waals surface area contributed by atoms with E-state index >= 15 is 0 Å². The Morgan fingerprint density at radius 2 is 1.52 bits per heavy atom. The summed E-state index contributed by atoms with van der Waals surface area (Å²) in [4.78, 5) is 15.2. The SMILES string of the molecule is COc1ccc(-n2c(-c3cc(OC)c(OC)c(OC)c3)c[nH]c2=O)cc1N. The average molecular weight is 371 g/mol. The van der Waals surface area contributed by atoms with Gasteiger partial charge in [-0.1, -0.05) is 0 Å². The Morgan fingerprint density at radius 1 is 0.889 bits per heavy atom. The molecule has 0 atom stereocenters. The number of rotatable bonds is 6. The van der Waals surface area contributed by atoms with E-state index in [9.17, 15) is 4.79 Å². The van der Waals surface area contributed by atoms with Crippen LogP contribution in [0.1, 0.15) is 0 Å². The quantitative estimate of drug-likeness (QED) is 0.646. The van der Waals surface area contributed by atoms with Crippen LogP contribution in [0.3, 0.4) is 0 Å². The van der Waals surface area contributed by atoms with Gasteiger partial charge in [-0.3, -0.25) is 4.57 Å². The minimum atomic E-state index is -0.302. The first-order valence-corrected chi connectivity index (χ1v) is 8.08. The van der Waals surface area contributed by atoms with E-state index in [4.69, 9.17) is 24.7 Å². The number of imidazole rings is 1. The van der Waals surface area contributed by atoms with Crippen molar-refractivity contribution in [3.8, 4) is 39.9 Å². The smallest absolute Gasteiger partial charge is 0.330 e. The topological polar surface area (TPSA) is 101 Å². The zero-order chi connectivity index (χ0) is 19.6. The van der Waals surface area contributed by atoms with Crippen LogP contribution in [0.25, 0.3) is 16.9 Å². The maximum absolute atomic E-state index is 12.5. The largest absolute Gasteiger partial charge is 0.495 e. The van der Waals surface area contributed by atoms with E-state index in [-0.39, 0.29) is 5.69 Å². The Balaban J connectivity index is 2.21. The maximum Gasteiger partial charge on any atom is 0.330 e. The highest BCUT2D eigenvalue weighted by molar-refractivity contribution is 5.70. The van der Waals surface area contributed by atoms with Crippen molar-refractivity contribution in [1.29, 1.82) is 0 Å². The van der Waals surface area contributed by atoms with Gasteiger partial charge in [0.05, 0.1) is 45.5 Å². The molecule has 0 saturated carbocycles. The Hall–Kier alpha value is -3.55. The van der Waals surface area contributed by atoms with Gasteiger partial charge in [-0.05, 0) is 30.3 Å².